The first kappa shape index (κ1) is 33.3. The topological polar surface area (TPSA) is 148 Å². The molecule has 1 aliphatic rings. The fourth-order valence-electron chi connectivity index (χ4n) is 3.86. The molecule has 0 aliphatic carbocycles. The maximum Gasteiger partial charge on any atom is 0.339 e. The molecule has 0 saturated carbocycles. The standard InChI is InChI=1S/C28H28Cl3NO10/c1-16(33)13-14-19(34)39-21-20(38-15-17-9-5-3-6-10-17)23(40-24(35)18-11-7-4-8-12-18)26(41-22(21)25(36)37-2)42-27(32)28(29,30)31/h3-12,20-23,26,32H,13-15H2,1-2H3/t20-,21-,22+,23+,26?/m0/s1. The van der Waals surface area contributed by atoms with Crippen molar-refractivity contribution < 1.29 is 47.6 Å². The predicted octanol–water partition coefficient (Wildman–Crippen LogP) is 4.34. The van der Waals surface area contributed by atoms with E-state index in [4.69, 9.17) is 68.6 Å². The normalized spacial score (nSPS) is 22.0. The smallest absolute Gasteiger partial charge is 0.339 e. The van der Waals surface area contributed by atoms with Gasteiger partial charge in [-0.2, -0.15) is 0 Å². The first-order valence-electron chi connectivity index (χ1n) is 12.6. The molecular weight excluding hydrogens is 617 g/mol. The van der Waals surface area contributed by atoms with Crippen LogP contribution in [0.1, 0.15) is 35.7 Å². The molecule has 0 bridgehead atoms. The molecule has 1 saturated heterocycles. The Bertz CT molecular complexity index is 1260. The third kappa shape index (κ3) is 9.40. The van der Waals surface area contributed by atoms with Crippen LogP contribution in [0.25, 0.3) is 0 Å². The molecule has 14 heteroatoms. The van der Waals surface area contributed by atoms with Gasteiger partial charge in [0.2, 0.25) is 12.2 Å². The molecule has 3 rings (SSSR count). The van der Waals surface area contributed by atoms with Crippen molar-refractivity contribution in [2.45, 2.75) is 60.9 Å². The summed E-state index contributed by atoms with van der Waals surface area (Å²) in [5, 5.41) is 8.08. The Labute approximate surface area is 256 Å². The summed E-state index contributed by atoms with van der Waals surface area (Å²) in [5.74, 6) is -3.90. The van der Waals surface area contributed by atoms with Gasteiger partial charge in [0, 0.05) is 6.42 Å². The van der Waals surface area contributed by atoms with Gasteiger partial charge in [0.05, 0.1) is 25.7 Å². The molecule has 0 spiro atoms. The van der Waals surface area contributed by atoms with Gasteiger partial charge in [-0.25, -0.2) is 9.59 Å². The number of ether oxygens (including phenoxy) is 6. The number of alkyl halides is 3. The van der Waals surface area contributed by atoms with Gasteiger partial charge in [-0.1, -0.05) is 83.3 Å². The summed E-state index contributed by atoms with van der Waals surface area (Å²) >= 11 is 17.4. The van der Waals surface area contributed by atoms with Gasteiger partial charge >= 0.3 is 17.9 Å². The molecule has 1 N–H and O–H groups in total. The summed E-state index contributed by atoms with van der Waals surface area (Å²) in [4.78, 5) is 50.3. The number of rotatable bonds is 11. The van der Waals surface area contributed by atoms with Crippen LogP contribution >= 0.6 is 34.8 Å². The number of nitrogens with one attached hydrogen (secondary N) is 1. The third-order valence-corrected chi connectivity index (χ3v) is 6.42. The Balaban J connectivity index is 2.06. The fourth-order valence-corrected chi connectivity index (χ4v) is 3.99. The highest BCUT2D eigenvalue weighted by Gasteiger charge is 2.56. The number of benzene rings is 2. The van der Waals surface area contributed by atoms with Gasteiger partial charge in [-0.15, -0.1) is 0 Å². The highest BCUT2D eigenvalue weighted by molar-refractivity contribution is 6.76. The van der Waals surface area contributed by atoms with Crippen molar-refractivity contribution in [2.75, 3.05) is 7.11 Å². The van der Waals surface area contributed by atoms with Crippen molar-refractivity contribution >= 4 is 64.4 Å². The number of halogens is 3. The Morgan fingerprint density at radius 1 is 0.857 bits per heavy atom. The number of carbonyl (C=O) groups excluding carboxylic acids is 4. The average molecular weight is 645 g/mol. The average Bonchev–Trinajstić information content (AvgIpc) is 2.96. The fraction of sp³-hybridized carbons (Fsp3) is 0.393. The number of carbonyl (C=O) groups is 4. The van der Waals surface area contributed by atoms with Crippen molar-refractivity contribution in [3.05, 3.63) is 71.8 Å². The summed E-state index contributed by atoms with van der Waals surface area (Å²) < 4.78 is 31.2. The zero-order chi connectivity index (χ0) is 30.9. The quantitative estimate of drug-likeness (QED) is 0.123. The monoisotopic (exact) mass is 643 g/mol. The van der Waals surface area contributed by atoms with Crippen molar-refractivity contribution in [3.8, 4) is 0 Å². The predicted molar refractivity (Wildman–Crippen MR) is 150 cm³/mol. The Morgan fingerprint density at radius 2 is 1.48 bits per heavy atom. The van der Waals surface area contributed by atoms with Crippen LogP contribution in [-0.4, -0.2) is 71.2 Å². The summed E-state index contributed by atoms with van der Waals surface area (Å²) in [5.41, 5.74) is 0.819. The molecule has 2 aromatic rings. The molecule has 1 fully saturated rings. The number of Topliss-reactive ketones (excluding diaryl/α,β-unsaturated/α-hetero) is 1. The van der Waals surface area contributed by atoms with Crippen molar-refractivity contribution in [1.82, 2.24) is 0 Å². The van der Waals surface area contributed by atoms with E-state index in [-0.39, 0.29) is 30.8 Å². The number of ketones is 1. The van der Waals surface area contributed by atoms with Crippen LogP contribution in [0.5, 0.6) is 0 Å². The molecule has 1 aliphatic heterocycles. The molecule has 226 valence electrons. The van der Waals surface area contributed by atoms with Crippen LogP contribution in [0.15, 0.2) is 60.7 Å². The van der Waals surface area contributed by atoms with E-state index in [1.807, 2.05) is 0 Å². The van der Waals surface area contributed by atoms with Gasteiger partial charge in [0.1, 0.15) is 11.9 Å². The Kier molecular flexibility index (Phi) is 12.1. The molecule has 1 unspecified atom stereocenters. The SMILES string of the molecule is COC(=O)[C@@H]1OC(OC(=N)C(Cl)(Cl)Cl)[C@H](OC(=O)c2ccccc2)[C@@H](OCc2ccccc2)[C@@H]1OC(=O)CCC(C)=O. The van der Waals surface area contributed by atoms with Crippen LogP contribution in [-0.2, 0) is 49.4 Å². The van der Waals surface area contributed by atoms with Gasteiger partial charge in [0.25, 0.3) is 3.79 Å². The van der Waals surface area contributed by atoms with E-state index in [0.717, 1.165) is 7.11 Å². The lowest BCUT2D eigenvalue weighted by Gasteiger charge is -2.44. The second kappa shape index (κ2) is 15.3. The Morgan fingerprint density at radius 3 is 2.05 bits per heavy atom. The minimum atomic E-state index is -2.35. The van der Waals surface area contributed by atoms with E-state index in [9.17, 15) is 19.2 Å². The zero-order valence-electron chi connectivity index (χ0n) is 22.5. The van der Waals surface area contributed by atoms with E-state index >= 15 is 0 Å². The molecule has 2 aromatic carbocycles. The van der Waals surface area contributed by atoms with Crippen molar-refractivity contribution in [2.24, 2.45) is 0 Å². The summed E-state index contributed by atoms with van der Waals surface area (Å²) in [6, 6.07) is 16.7. The number of hydrogen-bond donors (Lipinski definition) is 1. The van der Waals surface area contributed by atoms with Crippen molar-refractivity contribution in [1.29, 1.82) is 5.41 Å². The Hall–Kier alpha value is -3.22. The number of hydrogen-bond acceptors (Lipinski definition) is 11. The summed E-state index contributed by atoms with van der Waals surface area (Å²) in [6.07, 6.45) is -8.47. The molecule has 0 radical (unpaired) electrons. The lowest BCUT2D eigenvalue weighted by molar-refractivity contribution is -0.287. The van der Waals surface area contributed by atoms with Crippen molar-refractivity contribution in [3.63, 3.8) is 0 Å². The minimum Gasteiger partial charge on any atom is -0.467 e. The van der Waals surface area contributed by atoms with E-state index < -0.39 is 58.3 Å². The highest BCUT2D eigenvalue weighted by Crippen LogP contribution is 2.34. The summed E-state index contributed by atoms with van der Waals surface area (Å²) in [6.45, 7) is 1.20. The van der Waals surface area contributed by atoms with Gasteiger partial charge in [-0.3, -0.25) is 10.2 Å². The molecule has 11 nitrogen and oxygen atoms in total. The van der Waals surface area contributed by atoms with E-state index in [2.05, 4.69) is 0 Å². The van der Waals surface area contributed by atoms with Gasteiger partial charge in [0.15, 0.2) is 18.3 Å². The molecule has 5 atom stereocenters. The van der Waals surface area contributed by atoms with Gasteiger partial charge in [-0.05, 0) is 24.6 Å². The first-order valence-corrected chi connectivity index (χ1v) is 13.7. The van der Waals surface area contributed by atoms with Crippen LogP contribution in [0.4, 0.5) is 0 Å². The zero-order valence-corrected chi connectivity index (χ0v) is 24.8. The van der Waals surface area contributed by atoms with Crippen LogP contribution in [0, 0.1) is 5.41 Å². The van der Waals surface area contributed by atoms with E-state index in [0.29, 0.717) is 5.56 Å². The molecule has 1 heterocycles. The lowest BCUT2D eigenvalue weighted by atomic mass is 9.97. The van der Waals surface area contributed by atoms with E-state index in [1.165, 1.54) is 19.1 Å². The maximum absolute atomic E-state index is 13.2. The summed E-state index contributed by atoms with van der Waals surface area (Å²) in [7, 11) is 1.07. The van der Waals surface area contributed by atoms with E-state index in [1.54, 1.807) is 48.5 Å². The maximum atomic E-state index is 13.2. The molecule has 42 heavy (non-hydrogen) atoms. The van der Waals surface area contributed by atoms with Crippen LogP contribution in [0.2, 0.25) is 0 Å². The number of esters is 3. The first-order chi connectivity index (χ1) is 19.9. The largest absolute Gasteiger partial charge is 0.467 e. The third-order valence-electron chi connectivity index (χ3n) is 5.91. The highest BCUT2D eigenvalue weighted by atomic mass is 35.6. The number of methoxy groups -OCH3 is 1. The van der Waals surface area contributed by atoms with Crippen LogP contribution < -0.4 is 0 Å². The molecule has 0 amide bonds. The van der Waals surface area contributed by atoms with Crippen LogP contribution in [0.3, 0.4) is 0 Å². The molecular formula is C28H28Cl3NO10. The second-order valence-electron chi connectivity index (χ2n) is 9.05. The van der Waals surface area contributed by atoms with Gasteiger partial charge < -0.3 is 33.2 Å². The molecule has 0 aromatic heterocycles. The minimum absolute atomic E-state index is 0.102. The second-order valence-corrected chi connectivity index (χ2v) is 11.3. The lowest BCUT2D eigenvalue weighted by Crippen LogP contribution is -2.64.